The zero-order chi connectivity index (χ0) is 22.2. The van der Waals surface area contributed by atoms with Crippen LogP contribution in [-0.4, -0.2) is 98.3 Å². The minimum absolute atomic E-state index is 0.154. The molecule has 0 bridgehead atoms. The molecule has 1 atom stereocenters. The summed E-state index contributed by atoms with van der Waals surface area (Å²) in [5.74, 6) is 1.08. The molecule has 1 aromatic rings. The molecule has 1 unspecified atom stereocenters. The van der Waals surface area contributed by atoms with Crippen LogP contribution in [-0.2, 0) is 27.4 Å². The number of amides is 1. The number of nitrogens with zero attached hydrogens (tertiary/aromatic N) is 4. The topological polar surface area (TPSA) is 69.6 Å². The van der Waals surface area contributed by atoms with Gasteiger partial charge in [0.25, 0.3) is 5.91 Å². The molecule has 176 valence electrons. The number of nitrogens with one attached hydrogen (secondary N) is 1. The second-order valence-electron chi connectivity index (χ2n) is 8.69. The Morgan fingerprint density at radius 2 is 1.81 bits per heavy atom. The SMILES string of the molecule is CCNC(=NCc1cccc(CN2CCOCC2)c1)N1CCN(C(=O)C2CCCO2)CC1. The third-order valence-corrected chi connectivity index (χ3v) is 6.34. The minimum Gasteiger partial charge on any atom is -0.379 e. The lowest BCUT2D eigenvalue weighted by Gasteiger charge is -2.37. The third-order valence-electron chi connectivity index (χ3n) is 6.34. The van der Waals surface area contributed by atoms with Crippen LogP contribution in [0.1, 0.15) is 30.9 Å². The third kappa shape index (κ3) is 6.21. The van der Waals surface area contributed by atoms with Gasteiger partial charge in [-0.1, -0.05) is 24.3 Å². The zero-order valence-electron chi connectivity index (χ0n) is 19.3. The Morgan fingerprint density at radius 1 is 1.06 bits per heavy atom. The lowest BCUT2D eigenvalue weighted by molar-refractivity contribution is -0.142. The van der Waals surface area contributed by atoms with Crippen molar-refractivity contribution in [2.45, 2.75) is 39.0 Å². The van der Waals surface area contributed by atoms with Gasteiger partial charge in [-0.3, -0.25) is 9.69 Å². The lowest BCUT2D eigenvalue weighted by atomic mass is 10.1. The van der Waals surface area contributed by atoms with E-state index in [0.717, 1.165) is 84.4 Å². The van der Waals surface area contributed by atoms with Crippen molar-refractivity contribution >= 4 is 11.9 Å². The van der Waals surface area contributed by atoms with Gasteiger partial charge in [0.15, 0.2) is 5.96 Å². The first-order valence-corrected chi connectivity index (χ1v) is 12.0. The number of hydrogen-bond acceptors (Lipinski definition) is 5. The monoisotopic (exact) mass is 443 g/mol. The highest BCUT2D eigenvalue weighted by Gasteiger charge is 2.30. The average molecular weight is 444 g/mol. The van der Waals surface area contributed by atoms with Crippen LogP contribution in [0.3, 0.4) is 0 Å². The van der Waals surface area contributed by atoms with E-state index in [9.17, 15) is 4.79 Å². The molecule has 3 saturated heterocycles. The molecule has 3 aliphatic rings. The number of carbonyl (C=O) groups excluding carboxylic acids is 1. The Balaban J connectivity index is 1.32. The number of guanidine groups is 1. The summed E-state index contributed by atoms with van der Waals surface area (Å²) in [5, 5.41) is 3.43. The first kappa shape index (κ1) is 23.0. The van der Waals surface area contributed by atoms with Crippen molar-refractivity contribution in [3.63, 3.8) is 0 Å². The van der Waals surface area contributed by atoms with Crippen LogP contribution < -0.4 is 5.32 Å². The molecule has 0 aromatic heterocycles. The van der Waals surface area contributed by atoms with Crippen molar-refractivity contribution in [2.75, 3.05) is 65.6 Å². The van der Waals surface area contributed by atoms with E-state index in [1.807, 2.05) is 4.90 Å². The number of benzene rings is 1. The summed E-state index contributed by atoms with van der Waals surface area (Å²) in [5.41, 5.74) is 2.55. The van der Waals surface area contributed by atoms with Crippen LogP contribution in [0, 0.1) is 0 Å². The number of rotatable bonds is 6. The van der Waals surface area contributed by atoms with Crippen molar-refractivity contribution in [1.29, 1.82) is 0 Å². The van der Waals surface area contributed by atoms with Crippen LogP contribution >= 0.6 is 0 Å². The summed E-state index contributed by atoms with van der Waals surface area (Å²) >= 11 is 0. The van der Waals surface area contributed by atoms with Gasteiger partial charge in [0.1, 0.15) is 6.10 Å². The van der Waals surface area contributed by atoms with E-state index in [-0.39, 0.29) is 12.0 Å². The number of hydrogen-bond donors (Lipinski definition) is 1. The second kappa shape index (κ2) is 11.6. The lowest BCUT2D eigenvalue weighted by Crippen LogP contribution is -2.55. The van der Waals surface area contributed by atoms with E-state index < -0.39 is 0 Å². The molecule has 3 fully saturated rings. The largest absolute Gasteiger partial charge is 0.379 e. The highest BCUT2D eigenvalue weighted by atomic mass is 16.5. The molecule has 4 rings (SSSR count). The molecular weight excluding hydrogens is 406 g/mol. The van der Waals surface area contributed by atoms with Crippen LogP contribution in [0.25, 0.3) is 0 Å². The van der Waals surface area contributed by atoms with E-state index in [1.165, 1.54) is 11.1 Å². The molecule has 0 spiro atoms. The number of aliphatic imine (C=N–C) groups is 1. The van der Waals surface area contributed by atoms with Crippen LogP contribution in [0.2, 0.25) is 0 Å². The second-order valence-corrected chi connectivity index (χ2v) is 8.69. The smallest absolute Gasteiger partial charge is 0.251 e. The van der Waals surface area contributed by atoms with Crippen molar-refractivity contribution < 1.29 is 14.3 Å². The summed E-state index contributed by atoms with van der Waals surface area (Å²) in [6.07, 6.45) is 1.61. The molecule has 0 saturated carbocycles. The van der Waals surface area contributed by atoms with Gasteiger partial charge in [-0.25, -0.2) is 4.99 Å². The van der Waals surface area contributed by atoms with Crippen molar-refractivity contribution in [3.8, 4) is 0 Å². The average Bonchev–Trinajstić information content (AvgIpc) is 3.37. The summed E-state index contributed by atoms with van der Waals surface area (Å²) in [6, 6.07) is 8.73. The summed E-state index contributed by atoms with van der Waals surface area (Å²) in [4.78, 5) is 24.2. The first-order valence-electron chi connectivity index (χ1n) is 12.0. The molecule has 8 heteroatoms. The Bertz CT molecular complexity index is 767. The molecule has 3 heterocycles. The van der Waals surface area contributed by atoms with Crippen LogP contribution in [0.15, 0.2) is 29.3 Å². The molecule has 32 heavy (non-hydrogen) atoms. The van der Waals surface area contributed by atoms with Crippen LogP contribution in [0.4, 0.5) is 0 Å². The first-order chi connectivity index (χ1) is 15.7. The highest BCUT2D eigenvalue weighted by molar-refractivity contribution is 5.82. The van der Waals surface area contributed by atoms with Crippen molar-refractivity contribution in [3.05, 3.63) is 35.4 Å². The van der Waals surface area contributed by atoms with Crippen LogP contribution in [0.5, 0.6) is 0 Å². The van der Waals surface area contributed by atoms with Gasteiger partial charge in [0.05, 0.1) is 19.8 Å². The molecule has 1 N–H and O–H groups in total. The molecule has 0 aliphatic carbocycles. The van der Waals surface area contributed by atoms with Gasteiger partial charge in [-0.2, -0.15) is 0 Å². The standard InChI is InChI=1S/C24H37N5O3/c1-2-25-24(29-10-8-28(9-11-29)23(30)22-7-4-14-32-22)26-18-20-5-3-6-21(17-20)19-27-12-15-31-16-13-27/h3,5-6,17,22H,2,4,7-16,18-19H2,1H3,(H,25,26). The Hall–Kier alpha value is -2.16. The molecule has 1 aromatic carbocycles. The maximum absolute atomic E-state index is 12.6. The number of piperazine rings is 1. The normalized spacial score (nSPS) is 22.9. The van der Waals surface area contributed by atoms with Gasteiger partial charge < -0.3 is 24.6 Å². The quantitative estimate of drug-likeness (QED) is 0.528. The maximum Gasteiger partial charge on any atom is 0.251 e. The van der Waals surface area contributed by atoms with E-state index in [1.54, 1.807) is 0 Å². The molecule has 1 amide bonds. The van der Waals surface area contributed by atoms with Crippen molar-refractivity contribution in [2.24, 2.45) is 4.99 Å². The summed E-state index contributed by atoms with van der Waals surface area (Å²) in [7, 11) is 0. The Kier molecular flexibility index (Phi) is 8.36. The zero-order valence-corrected chi connectivity index (χ0v) is 19.3. The number of morpholine rings is 1. The summed E-state index contributed by atoms with van der Waals surface area (Å²) in [6.45, 7) is 11.9. The van der Waals surface area contributed by atoms with Gasteiger partial charge in [-0.05, 0) is 30.9 Å². The summed E-state index contributed by atoms with van der Waals surface area (Å²) < 4.78 is 11.0. The predicted octanol–water partition coefficient (Wildman–Crippen LogP) is 1.31. The molecule has 8 nitrogen and oxygen atoms in total. The fourth-order valence-electron chi connectivity index (χ4n) is 4.55. The maximum atomic E-state index is 12.6. The number of ether oxygens (including phenoxy) is 2. The van der Waals surface area contributed by atoms with Crippen molar-refractivity contribution in [1.82, 2.24) is 20.0 Å². The van der Waals surface area contributed by atoms with Gasteiger partial charge in [0.2, 0.25) is 0 Å². The predicted molar refractivity (Wildman–Crippen MR) is 124 cm³/mol. The highest BCUT2D eigenvalue weighted by Crippen LogP contribution is 2.16. The van der Waals surface area contributed by atoms with E-state index in [2.05, 4.69) is 46.3 Å². The fourth-order valence-corrected chi connectivity index (χ4v) is 4.55. The van der Waals surface area contributed by atoms with E-state index >= 15 is 0 Å². The Morgan fingerprint density at radius 3 is 2.53 bits per heavy atom. The number of carbonyl (C=O) groups is 1. The van der Waals surface area contributed by atoms with Gasteiger partial charge in [-0.15, -0.1) is 0 Å². The molecular formula is C24H37N5O3. The van der Waals surface area contributed by atoms with E-state index in [4.69, 9.17) is 14.5 Å². The fraction of sp³-hybridized carbons (Fsp3) is 0.667. The van der Waals surface area contributed by atoms with E-state index in [0.29, 0.717) is 13.2 Å². The molecule has 3 aliphatic heterocycles. The minimum atomic E-state index is -0.229. The van der Waals surface area contributed by atoms with Gasteiger partial charge in [0, 0.05) is 59.0 Å². The molecule has 0 radical (unpaired) electrons. The van der Waals surface area contributed by atoms with Gasteiger partial charge >= 0.3 is 0 Å². The Labute approximate surface area is 191 Å².